The van der Waals surface area contributed by atoms with E-state index in [1.165, 1.54) is 11.3 Å². The fraction of sp³-hybridized carbons (Fsp3) is 0.0909. The predicted octanol–water partition coefficient (Wildman–Crippen LogP) is 6.57. The summed E-state index contributed by atoms with van der Waals surface area (Å²) in [5.74, 6) is -0.439. The zero-order valence-electron chi connectivity index (χ0n) is 15.6. The predicted molar refractivity (Wildman–Crippen MR) is 120 cm³/mol. The van der Waals surface area contributed by atoms with Gasteiger partial charge in [-0.25, -0.2) is 0 Å². The number of aromatic nitrogens is 1. The van der Waals surface area contributed by atoms with Crippen LogP contribution in [0.2, 0.25) is 10.0 Å². The molecule has 1 N–H and O–H groups in total. The van der Waals surface area contributed by atoms with Crippen LogP contribution in [0, 0.1) is 13.8 Å². The first-order chi connectivity index (χ1) is 13.9. The minimum Gasteiger partial charge on any atom is -0.321 e. The molecular formula is C22H16Cl2N2O2S. The van der Waals surface area contributed by atoms with Gasteiger partial charge in [-0.05, 0) is 67.3 Å². The minimum atomic E-state index is -0.293. The van der Waals surface area contributed by atoms with Crippen LogP contribution in [0.5, 0.6) is 0 Å². The van der Waals surface area contributed by atoms with Crippen LogP contribution >= 0.6 is 34.5 Å². The van der Waals surface area contributed by atoms with Gasteiger partial charge in [0, 0.05) is 16.8 Å². The number of halogens is 2. The van der Waals surface area contributed by atoms with Gasteiger partial charge in [-0.3, -0.25) is 14.2 Å². The number of nitrogens with zero attached hydrogens (tertiary/aromatic N) is 1. The smallest absolute Gasteiger partial charge is 0.265 e. The third-order valence-corrected chi connectivity index (χ3v) is 6.34. The van der Waals surface area contributed by atoms with E-state index in [-0.39, 0.29) is 17.4 Å². The van der Waals surface area contributed by atoms with E-state index in [2.05, 4.69) is 5.32 Å². The molecule has 0 spiro atoms. The van der Waals surface area contributed by atoms with E-state index in [0.717, 1.165) is 16.6 Å². The molecule has 0 aliphatic heterocycles. The molecule has 0 bridgehead atoms. The van der Waals surface area contributed by atoms with Gasteiger partial charge in [0.2, 0.25) is 0 Å². The largest absolute Gasteiger partial charge is 0.321 e. The molecule has 0 radical (unpaired) electrons. The summed E-state index contributed by atoms with van der Waals surface area (Å²) >= 11 is 13.9. The van der Waals surface area contributed by atoms with Gasteiger partial charge in [-0.1, -0.05) is 29.3 Å². The van der Waals surface area contributed by atoms with Crippen LogP contribution in [0.25, 0.3) is 10.9 Å². The number of fused-ring (bicyclic) bond motifs is 1. The van der Waals surface area contributed by atoms with Crippen molar-refractivity contribution in [1.82, 2.24) is 4.57 Å². The molecule has 146 valence electrons. The van der Waals surface area contributed by atoms with Gasteiger partial charge in [0.1, 0.15) is 0 Å². The fourth-order valence-corrected chi connectivity index (χ4v) is 4.69. The Morgan fingerprint density at radius 2 is 1.72 bits per heavy atom. The number of hydrogen-bond acceptors (Lipinski definition) is 3. The summed E-state index contributed by atoms with van der Waals surface area (Å²) < 4.78 is 1.58. The number of carbonyl (C=O) groups is 2. The van der Waals surface area contributed by atoms with E-state index in [0.29, 0.717) is 26.1 Å². The Labute approximate surface area is 181 Å². The number of hydrogen-bond donors (Lipinski definition) is 1. The van der Waals surface area contributed by atoms with Crippen LogP contribution in [0.15, 0.2) is 53.9 Å². The maximum Gasteiger partial charge on any atom is 0.265 e. The summed E-state index contributed by atoms with van der Waals surface area (Å²) in [6, 6.07) is 14.2. The van der Waals surface area contributed by atoms with Crippen molar-refractivity contribution in [2.24, 2.45) is 0 Å². The second-order valence-electron chi connectivity index (χ2n) is 6.68. The molecule has 2 aromatic heterocycles. The Hall–Kier alpha value is -2.60. The van der Waals surface area contributed by atoms with Crippen molar-refractivity contribution >= 4 is 62.9 Å². The molecule has 0 aliphatic rings. The van der Waals surface area contributed by atoms with Crippen LogP contribution in [-0.2, 0) is 0 Å². The highest BCUT2D eigenvalue weighted by molar-refractivity contribution is 7.12. The Balaban J connectivity index is 1.71. The van der Waals surface area contributed by atoms with Crippen molar-refractivity contribution in [3.05, 3.63) is 85.7 Å². The number of anilines is 1. The average Bonchev–Trinajstić information content (AvgIpc) is 3.23. The molecule has 4 rings (SSSR count). The second kappa shape index (κ2) is 7.67. The molecule has 2 heterocycles. The molecule has 0 fully saturated rings. The summed E-state index contributed by atoms with van der Waals surface area (Å²) in [7, 11) is 0. The summed E-state index contributed by atoms with van der Waals surface area (Å²) in [5, 5.41) is 6.25. The van der Waals surface area contributed by atoms with Crippen LogP contribution in [0.4, 0.5) is 5.69 Å². The number of benzene rings is 2. The van der Waals surface area contributed by atoms with Gasteiger partial charge >= 0.3 is 0 Å². The quantitative estimate of drug-likeness (QED) is 0.390. The van der Waals surface area contributed by atoms with Crippen molar-refractivity contribution in [1.29, 1.82) is 0 Å². The Morgan fingerprint density at radius 1 is 1.00 bits per heavy atom. The Morgan fingerprint density at radius 3 is 2.38 bits per heavy atom. The first-order valence-corrected chi connectivity index (χ1v) is 10.5. The van der Waals surface area contributed by atoms with E-state index < -0.39 is 0 Å². The van der Waals surface area contributed by atoms with Crippen molar-refractivity contribution < 1.29 is 9.59 Å². The minimum absolute atomic E-state index is 0.146. The lowest BCUT2D eigenvalue weighted by Gasteiger charge is -2.10. The lowest BCUT2D eigenvalue weighted by atomic mass is 10.2. The number of carbonyl (C=O) groups excluding carboxylic acids is 2. The van der Waals surface area contributed by atoms with Crippen LogP contribution < -0.4 is 5.32 Å². The van der Waals surface area contributed by atoms with Gasteiger partial charge in [-0.15, -0.1) is 11.3 Å². The molecule has 7 heteroatoms. The Bertz CT molecular complexity index is 1250. The number of thiophene rings is 1. The number of rotatable bonds is 3. The summed E-state index contributed by atoms with van der Waals surface area (Å²) in [5.41, 5.74) is 3.34. The van der Waals surface area contributed by atoms with E-state index >= 15 is 0 Å². The summed E-state index contributed by atoms with van der Waals surface area (Å²) in [6.45, 7) is 3.75. The fourth-order valence-electron chi connectivity index (χ4n) is 3.31. The zero-order chi connectivity index (χ0) is 20.7. The van der Waals surface area contributed by atoms with Crippen molar-refractivity contribution in [2.45, 2.75) is 13.8 Å². The second-order valence-corrected chi connectivity index (χ2v) is 8.41. The highest BCUT2D eigenvalue weighted by Gasteiger charge is 2.20. The number of amides is 1. The van der Waals surface area contributed by atoms with E-state index in [4.69, 9.17) is 23.2 Å². The molecule has 4 nitrogen and oxygen atoms in total. The summed E-state index contributed by atoms with van der Waals surface area (Å²) in [4.78, 5) is 26.3. The van der Waals surface area contributed by atoms with Crippen molar-refractivity contribution in [3.8, 4) is 0 Å². The van der Waals surface area contributed by atoms with Crippen molar-refractivity contribution in [2.75, 3.05) is 5.32 Å². The topological polar surface area (TPSA) is 51.1 Å². The number of aryl methyl sites for hydroxylation is 2. The molecule has 0 atom stereocenters. The highest BCUT2D eigenvalue weighted by Crippen LogP contribution is 2.30. The molecule has 1 amide bonds. The van der Waals surface area contributed by atoms with E-state index in [1.807, 2.05) is 43.5 Å². The lowest BCUT2D eigenvalue weighted by molar-refractivity contribution is 0.0962. The highest BCUT2D eigenvalue weighted by atomic mass is 35.5. The SMILES string of the molecule is Cc1ccsc1C(=O)Nc1ccc2c(c1)cc(C)n2C(=O)c1c(Cl)cccc1Cl. The van der Waals surface area contributed by atoms with E-state index in [1.54, 1.807) is 28.8 Å². The van der Waals surface area contributed by atoms with Crippen LogP contribution in [-0.4, -0.2) is 16.4 Å². The third-order valence-electron chi connectivity index (χ3n) is 4.69. The molecule has 0 unspecified atom stereocenters. The maximum atomic E-state index is 13.2. The van der Waals surface area contributed by atoms with E-state index in [9.17, 15) is 9.59 Å². The lowest BCUT2D eigenvalue weighted by Crippen LogP contribution is -2.14. The van der Waals surface area contributed by atoms with Crippen LogP contribution in [0.3, 0.4) is 0 Å². The Kier molecular flexibility index (Phi) is 5.21. The molecule has 0 saturated heterocycles. The molecule has 29 heavy (non-hydrogen) atoms. The molecular weight excluding hydrogens is 427 g/mol. The van der Waals surface area contributed by atoms with Gasteiger partial charge in [-0.2, -0.15) is 0 Å². The molecule has 0 aliphatic carbocycles. The van der Waals surface area contributed by atoms with Gasteiger partial charge < -0.3 is 5.32 Å². The third kappa shape index (κ3) is 3.57. The number of nitrogens with one attached hydrogen (secondary N) is 1. The standard InChI is InChI=1S/C22H16Cl2N2O2S/c1-12-8-9-29-20(12)21(27)25-15-6-7-18-14(11-15)10-13(2)26(18)22(28)19-16(23)4-3-5-17(19)24/h3-11H,1-2H3,(H,25,27). The summed E-state index contributed by atoms with van der Waals surface area (Å²) in [6.07, 6.45) is 0. The normalized spacial score (nSPS) is 11.0. The van der Waals surface area contributed by atoms with Gasteiger partial charge in [0.15, 0.2) is 0 Å². The zero-order valence-corrected chi connectivity index (χ0v) is 18.0. The molecule has 0 saturated carbocycles. The average molecular weight is 443 g/mol. The monoisotopic (exact) mass is 442 g/mol. The molecule has 4 aromatic rings. The van der Waals surface area contributed by atoms with Crippen molar-refractivity contribution in [3.63, 3.8) is 0 Å². The van der Waals surface area contributed by atoms with Crippen LogP contribution in [0.1, 0.15) is 31.3 Å². The first kappa shape index (κ1) is 19.7. The van der Waals surface area contributed by atoms with Gasteiger partial charge in [0.25, 0.3) is 11.8 Å². The molecule has 2 aromatic carbocycles. The maximum absolute atomic E-state index is 13.2. The van der Waals surface area contributed by atoms with Gasteiger partial charge in [0.05, 0.1) is 26.0 Å². The first-order valence-electron chi connectivity index (χ1n) is 8.83.